The first-order valence-corrected chi connectivity index (χ1v) is 12.3. The zero-order valence-electron chi connectivity index (χ0n) is 19.5. The van der Waals surface area contributed by atoms with E-state index in [1.165, 1.54) is 5.56 Å². The van der Waals surface area contributed by atoms with E-state index >= 15 is 0 Å². The molecule has 0 aromatic heterocycles. The Morgan fingerprint density at radius 1 is 1.09 bits per heavy atom. The van der Waals surface area contributed by atoms with Crippen LogP contribution in [-0.4, -0.2) is 60.0 Å². The molecule has 2 atom stereocenters. The zero-order chi connectivity index (χ0) is 22.3. The molecule has 3 saturated heterocycles. The van der Waals surface area contributed by atoms with Gasteiger partial charge >= 0.3 is 0 Å². The predicted molar refractivity (Wildman–Crippen MR) is 121 cm³/mol. The van der Waals surface area contributed by atoms with E-state index in [0.717, 1.165) is 70.5 Å². The van der Waals surface area contributed by atoms with Crippen LogP contribution in [0, 0.1) is 11.3 Å². The summed E-state index contributed by atoms with van der Waals surface area (Å²) in [5.74, 6) is 1.47. The molecule has 4 heterocycles. The van der Waals surface area contributed by atoms with Crippen molar-refractivity contribution in [2.75, 3.05) is 32.8 Å². The number of ether oxygens (including phenoxy) is 2. The molecule has 1 spiro atoms. The fourth-order valence-electron chi connectivity index (χ4n) is 6.15. The normalized spacial score (nSPS) is 29.0. The molecule has 0 unspecified atom stereocenters. The quantitative estimate of drug-likeness (QED) is 0.699. The maximum Gasteiger partial charge on any atom is 0.242 e. The summed E-state index contributed by atoms with van der Waals surface area (Å²) in [5, 5.41) is 0. The van der Waals surface area contributed by atoms with E-state index in [1.54, 1.807) is 4.90 Å². The lowest BCUT2D eigenvalue weighted by Crippen LogP contribution is -2.55. The van der Waals surface area contributed by atoms with Gasteiger partial charge in [-0.25, -0.2) is 0 Å². The van der Waals surface area contributed by atoms with Crippen molar-refractivity contribution >= 4 is 11.8 Å². The van der Waals surface area contributed by atoms with Crippen molar-refractivity contribution in [3.8, 4) is 5.75 Å². The van der Waals surface area contributed by atoms with Crippen LogP contribution in [0.15, 0.2) is 24.3 Å². The molecule has 2 amide bonds. The second kappa shape index (κ2) is 8.36. The van der Waals surface area contributed by atoms with Crippen molar-refractivity contribution in [3.63, 3.8) is 0 Å². The van der Waals surface area contributed by atoms with Gasteiger partial charge in [-0.15, -0.1) is 0 Å². The molecule has 4 aliphatic heterocycles. The maximum atomic E-state index is 12.9. The van der Waals surface area contributed by atoms with E-state index in [-0.39, 0.29) is 35.5 Å². The fraction of sp³-hybridized carbons (Fsp3) is 0.692. The Balaban J connectivity index is 1.23. The predicted octanol–water partition coefficient (Wildman–Crippen LogP) is 3.95. The highest BCUT2D eigenvalue weighted by atomic mass is 16.5. The van der Waals surface area contributed by atoms with Gasteiger partial charge < -0.3 is 19.3 Å². The van der Waals surface area contributed by atoms with Crippen LogP contribution in [0.2, 0.25) is 0 Å². The fourth-order valence-corrected chi connectivity index (χ4v) is 6.15. The molecule has 0 saturated carbocycles. The molecule has 4 aliphatic rings. The third-order valence-electron chi connectivity index (χ3n) is 8.25. The number of likely N-dealkylation sites (tertiary alicyclic amines) is 2. The van der Waals surface area contributed by atoms with Crippen LogP contribution in [0.25, 0.3) is 0 Å². The van der Waals surface area contributed by atoms with Gasteiger partial charge in [0, 0.05) is 37.5 Å². The second-order valence-corrected chi connectivity index (χ2v) is 10.8. The highest BCUT2D eigenvalue weighted by Crippen LogP contribution is 2.55. The monoisotopic (exact) mass is 440 g/mol. The number of carbonyl (C=O) groups excluding carboxylic acids is 2. The number of piperidine rings is 1. The van der Waals surface area contributed by atoms with Gasteiger partial charge in [0.05, 0.1) is 19.3 Å². The van der Waals surface area contributed by atoms with Crippen LogP contribution >= 0.6 is 0 Å². The van der Waals surface area contributed by atoms with E-state index in [9.17, 15) is 9.59 Å². The van der Waals surface area contributed by atoms with Crippen LogP contribution in [-0.2, 0) is 14.3 Å². The minimum Gasteiger partial charge on any atom is -0.487 e. The molecule has 6 heteroatoms. The summed E-state index contributed by atoms with van der Waals surface area (Å²) in [7, 11) is 0. The van der Waals surface area contributed by atoms with Gasteiger partial charge in [-0.3, -0.25) is 9.59 Å². The number of carbonyl (C=O) groups is 2. The Hall–Kier alpha value is -2.08. The van der Waals surface area contributed by atoms with E-state index in [2.05, 4.69) is 26.0 Å². The van der Waals surface area contributed by atoms with E-state index < -0.39 is 0 Å². The summed E-state index contributed by atoms with van der Waals surface area (Å²) in [6, 6.07) is 8.25. The van der Waals surface area contributed by atoms with Gasteiger partial charge in [0.2, 0.25) is 11.8 Å². The molecule has 3 fully saturated rings. The Morgan fingerprint density at radius 2 is 1.88 bits per heavy atom. The molecular weight excluding hydrogens is 404 g/mol. The molecule has 32 heavy (non-hydrogen) atoms. The highest BCUT2D eigenvalue weighted by molar-refractivity contribution is 5.85. The minimum absolute atomic E-state index is 0.0780. The Labute approximate surface area is 191 Å². The first-order chi connectivity index (χ1) is 15.4. The van der Waals surface area contributed by atoms with E-state index in [1.807, 2.05) is 17.0 Å². The van der Waals surface area contributed by atoms with Crippen LogP contribution in [0.1, 0.15) is 70.5 Å². The molecule has 0 bridgehead atoms. The summed E-state index contributed by atoms with van der Waals surface area (Å²) >= 11 is 0. The van der Waals surface area contributed by atoms with Gasteiger partial charge in [0.1, 0.15) is 11.4 Å². The topological polar surface area (TPSA) is 59.1 Å². The van der Waals surface area contributed by atoms with Crippen molar-refractivity contribution in [3.05, 3.63) is 29.8 Å². The third-order valence-corrected chi connectivity index (χ3v) is 8.25. The third kappa shape index (κ3) is 4.02. The molecule has 1 aromatic carbocycles. The molecule has 1 aromatic rings. The Kier molecular flexibility index (Phi) is 5.68. The molecule has 0 radical (unpaired) electrons. The smallest absolute Gasteiger partial charge is 0.242 e. The molecule has 5 rings (SSSR count). The minimum atomic E-state index is -0.285. The van der Waals surface area contributed by atoms with E-state index in [0.29, 0.717) is 12.3 Å². The van der Waals surface area contributed by atoms with Crippen LogP contribution < -0.4 is 4.74 Å². The number of para-hydroxylation sites is 1. The lowest BCUT2D eigenvalue weighted by atomic mass is 9.64. The van der Waals surface area contributed by atoms with Crippen LogP contribution in [0.5, 0.6) is 5.75 Å². The lowest BCUT2D eigenvalue weighted by Gasteiger charge is -2.54. The first-order valence-electron chi connectivity index (χ1n) is 12.3. The average molecular weight is 441 g/mol. The summed E-state index contributed by atoms with van der Waals surface area (Å²) in [6.07, 6.45) is 6.65. The molecule has 0 aliphatic carbocycles. The van der Waals surface area contributed by atoms with Crippen molar-refractivity contribution in [1.82, 2.24) is 9.80 Å². The summed E-state index contributed by atoms with van der Waals surface area (Å²) in [6.45, 7) is 7.56. The van der Waals surface area contributed by atoms with Crippen molar-refractivity contribution < 1.29 is 19.1 Å². The molecule has 0 N–H and O–H groups in total. The molecule has 174 valence electrons. The SMILES string of the molecule is CC1(C)Oc2ccccc2[C@H]2OCC3(CCN(C(=O)CN4CCCCCC4=O)CC3)C[C@@H]21. The zero-order valence-corrected chi connectivity index (χ0v) is 19.5. The van der Waals surface area contributed by atoms with Gasteiger partial charge in [0.15, 0.2) is 0 Å². The lowest BCUT2D eigenvalue weighted by molar-refractivity contribution is -0.176. The standard InChI is InChI=1S/C26H36N2O4/c1-25(2)20-16-26(18-31-24(20)19-8-5-6-9-21(19)32-25)11-14-27(15-12-26)23(30)17-28-13-7-3-4-10-22(28)29/h5-6,8-9,20,24H,3-4,7,10-18H2,1-2H3/t20-,24+/m0/s1. The highest BCUT2D eigenvalue weighted by Gasteiger charge is 2.52. The Morgan fingerprint density at radius 3 is 2.69 bits per heavy atom. The van der Waals surface area contributed by atoms with Gasteiger partial charge in [-0.1, -0.05) is 24.6 Å². The molecule has 6 nitrogen and oxygen atoms in total. The number of fused-ring (bicyclic) bond motifs is 3. The van der Waals surface area contributed by atoms with Crippen LogP contribution in [0.4, 0.5) is 0 Å². The number of hydrogen-bond acceptors (Lipinski definition) is 4. The maximum absolute atomic E-state index is 12.9. The largest absolute Gasteiger partial charge is 0.487 e. The molecular formula is C26H36N2O4. The number of hydrogen-bond donors (Lipinski definition) is 0. The van der Waals surface area contributed by atoms with Crippen molar-refractivity contribution in [1.29, 1.82) is 0 Å². The first kappa shape index (κ1) is 21.7. The number of amides is 2. The van der Waals surface area contributed by atoms with Crippen LogP contribution in [0.3, 0.4) is 0 Å². The summed E-state index contributed by atoms with van der Waals surface area (Å²) < 4.78 is 13.0. The number of nitrogens with zero attached hydrogens (tertiary/aromatic N) is 2. The average Bonchev–Trinajstić information content (AvgIpc) is 2.98. The van der Waals surface area contributed by atoms with Crippen molar-refractivity contribution in [2.45, 2.75) is 70.5 Å². The second-order valence-electron chi connectivity index (χ2n) is 10.8. The van der Waals surface area contributed by atoms with Crippen molar-refractivity contribution in [2.24, 2.45) is 11.3 Å². The van der Waals surface area contributed by atoms with Gasteiger partial charge in [-0.05, 0) is 57.4 Å². The summed E-state index contributed by atoms with van der Waals surface area (Å²) in [4.78, 5) is 29.0. The van der Waals surface area contributed by atoms with Gasteiger partial charge in [-0.2, -0.15) is 0 Å². The number of benzene rings is 1. The number of rotatable bonds is 2. The summed E-state index contributed by atoms with van der Waals surface area (Å²) in [5.41, 5.74) is 0.983. The van der Waals surface area contributed by atoms with Gasteiger partial charge in [0.25, 0.3) is 0 Å². The van der Waals surface area contributed by atoms with E-state index in [4.69, 9.17) is 9.47 Å². The Bertz CT molecular complexity index is 874.